The Bertz CT molecular complexity index is 564. The van der Waals surface area contributed by atoms with Crippen LogP contribution in [0.25, 0.3) is 0 Å². The Kier molecular flexibility index (Phi) is 4.97. The standard InChI is InChI=1S/C18H25NO4/c1-17(2,3)23-16(22)19-13-7-11-18(19,15(20)21)12-10-14-8-5-4-6-9-14/h4-6,8-9H,7,10-13H2,1-3H3,(H,20,21)/t18-/m1/s1. The average molecular weight is 319 g/mol. The molecule has 126 valence electrons. The lowest BCUT2D eigenvalue weighted by Crippen LogP contribution is -2.54. The van der Waals surface area contributed by atoms with Gasteiger partial charge in [-0.2, -0.15) is 0 Å². The Hall–Kier alpha value is -2.04. The summed E-state index contributed by atoms with van der Waals surface area (Å²) in [4.78, 5) is 25.8. The molecule has 0 saturated carbocycles. The predicted octanol–water partition coefficient (Wildman–Crippen LogP) is 3.47. The van der Waals surface area contributed by atoms with Gasteiger partial charge in [0.05, 0.1) is 0 Å². The summed E-state index contributed by atoms with van der Waals surface area (Å²) in [6, 6.07) is 9.75. The molecule has 5 heteroatoms. The van der Waals surface area contributed by atoms with E-state index in [1.807, 2.05) is 30.3 Å². The van der Waals surface area contributed by atoms with Crippen molar-refractivity contribution >= 4 is 12.1 Å². The maximum atomic E-state index is 12.4. The molecule has 0 unspecified atom stereocenters. The molecule has 5 nitrogen and oxygen atoms in total. The van der Waals surface area contributed by atoms with Gasteiger partial charge in [0.1, 0.15) is 11.1 Å². The minimum Gasteiger partial charge on any atom is -0.479 e. The fourth-order valence-corrected chi connectivity index (χ4v) is 3.05. The molecule has 1 aromatic rings. The van der Waals surface area contributed by atoms with Crippen molar-refractivity contribution in [2.24, 2.45) is 0 Å². The van der Waals surface area contributed by atoms with Crippen LogP contribution in [-0.2, 0) is 16.0 Å². The third kappa shape index (κ3) is 4.03. The summed E-state index contributed by atoms with van der Waals surface area (Å²) >= 11 is 0. The van der Waals surface area contributed by atoms with Gasteiger partial charge >= 0.3 is 12.1 Å². The molecular formula is C18H25NO4. The van der Waals surface area contributed by atoms with Crippen LogP contribution < -0.4 is 0 Å². The largest absolute Gasteiger partial charge is 0.479 e. The first kappa shape index (κ1) is 17.3. The van der Waals surface area contributed by atoms with Crippen molar-refractivity contribution in [3.8, 4) is 0 Å². The first-order valence-electron chi connectivity index (χ1n) is 8.02. The van der Waals surface area contributed by atoms with E-state index >= 15 is 0 Å². The SMILES string of the molecule is CC(C)(C)OC(=O)N1CCC[C@@]1(CCc1ccccc1)C(=O)O. The highest BCUT2D eigenvalue weighted by Gasteiger charge is 2.50. The summed E-state index contributed by atoms with van der Waals surface area (Å²) in [7, 11) is 0. The summed E-state index contributed by atoms with van der Waals surface area (Å²) in [5.41, 5.74) is -0.731. The van der Waals surface area contributed by atoms with E-state index in [1.165, 1.54) is 4.90 Å². The number of hydrogen-bond acceptors (Lipinski definition) is 3. The van der Waals surface area contributed by atoms with Gasteiger partial charge in [-0.3, -0.25) is 4.90 Å². The van der Waals surface area contributed by atoms with Gasteiger partial charge in [-0.1, -0.05) is 30.3 Å². The van der Waals surface area contributed by atoms with Crippen LogP contribution in [-0.4, -0.2) is 39.8 Å². The van der Waals surface area contributed by atoms with Gasteiger partial charge in [0, 0.05) is 6.54 Å². The van der Waals surface area contributed by atoms with E-state index in [4.69, 9.17) is 4.74 Å². The zero-order chi connectivity index (χ0) is 17.1. The number of ether oxygens (including phenoxy) is 1. The Morgan fingerprint density at radius 3 is 2.48 bits per heavy atom. The summed E-state index contributed by atoms with van der Waals surface area (Å²) in [6.45, 7) is 5.78. The molecule has 0 aliphatic carbocycles. The highest BCUT2D eigenvalue weighted by Crippen LogP contribution is 2.35. The maximum absolute atomic E-state index is 12.4. The van der Waals surface area contributed by atoms with Crippen molar-refractivity contribution in [2.75, 3.05) is 6.54 Å². The molecule has 1 aliphatic heterocycles. The minimum absolute atomic E-state index is 0.394. The van der Waals surface area contributed by atoms with Crippen LogP contribution in [0.2, 0.25) is 0 Å². The van der Waals surface area contributed by atoms with Crippen molar-refractivity contribution in [3.63, 3.8) is 0 Å². The lowest BCUT2D eigenvalue weighted by Gasteiger charge is -2.36. The summed E-state index contributed by atoms with van der Waals surface area (Å²) < 4.78 is 5.40. The highest BCUT2D eigenvalue weighted by molar-refractivity contribution is 5.85. The van der Waals surface area contributed by atoms with Crippen molar-refractivity contribution in [2.45, 2.75) is 57.6 Å². The van der Waals surface area contributed by atoms with Crippen LogP contribution in [0.15, 0.2) is 30.3 Å². The molecule has 0 bridgehead atoms. The molecule has 1 fully saturated rings. The average Bonchev–Trinajstić information content (AvgIpc) is 2.90. The monoisotopic (exact) mass is 319 g/mol. The number of amides is 1. The van der Waals surface area contributed by atoms with Crippen LogP contribution in [0.1, 0.15) is 45.6 Å². The Morgan fingerprint density at radius 2 is 1.91 bits per heavy atom. The van der Waals surface area contributed by atoms with E-state index < -0.39 is 23.2 Å². The van der Waals surface area contributed by atoms with Crippen LogP contribution in [0.3, 0.4) is 0 Å². The second kappa shape index (κ2) is 6.60. The van der Waals surface area contributed by atoms with Crippen LogP contribution in [0, 0.1) is 0 Å². The van der Waals surface area contributed by atoms with Crippen LogP contribution >= 0.6 is 0 Å². The lowest BCUT2D eigenvalue weighted by molar-refractivity contribution is -0.149. The van der Waals surface area contributed by atoms with Gasteiger partial charge in [0.2, 0.25) is 0 Å². The van der Waals surface area contributed by atoms with E-state index in [0.717, 1.165) is 5.56 Å². The fourth-order valence-electron chi connectivity index (χ4n) is 3.05. The Morgan fingerprint density at radius 1 is 1.26 bits per heavy atom. The number of carboxylic acids is 1. The Labute approximate surface area is 137 Å². The van der Waals surface area contributed by atoms with Crippen LogP contribution in [0.4, 0.5) is 4.79 Å². The number of hydrogen-bond donors (Lipinski definition) is 1. The third-order valence-corrected chi connectivity index (χ3v) is 4.17. The molecular weight excluding hydrogens is 294 g/mol. The predicted molar refractivity (Wildman–Crippen MR) is 87.3 cm³/mol. The number of aliphatic carboxylic acids is 1. The van der Waals surface area contributed by atoms with Crippen molar-refractivity contribution in [3.05, 3.63) is 35.9 Å². The van der Waals surface area contributed by atoms with Crippen molar-refractivity contribution in [1.82, 2.24) is 4.90 Å². The zero-order valence-corrected chi connectivity index (χ0v) is 14.0. The molecule has 1 atom stereocenters. The second-order valence-electron chi connectivity index (χ2n) is 7.06. The first-order valence-corrected chi connectivity index (χ1v) is 8.02. The summed E-state index contributed by atoms with van der Waals surface area (Å²) in [5, 5.41) is 9.81. The van der Waals surface area contributed by atoms with Gasteiger partial charge in [-0.05, 0) is 52.0 Å². The highest BCUT2D eigenvalue weighted by atomic mass is 16.6. The molecule has 0 aromatic heterocycles. The quantitative estimate of drug-likeness (QED) is 0.922. The van der Waals surface area contributed by atoms with Crippen LogP contribution in [0.5, 0.6) is 0 Å². The van der Waals surface area contributed by atoms with Gasteiger partial charge in [-0.15, -0.1) is 0 Å². The van der Waals surface area contributed by atoms with Crippen molar-refractivity contribution < 1.29 is 19.4 Å². The molecule has 1 aromatic carbocycles. The minimum atomic E-state index is -1.17. The third-order valence-electron chi connectivity index (χ3n) is 4.17. The molecule has 23 heavy (non-hydrogen) atoms. The zero-order valence-electron chi connectivity index (χ0n) is 14.0. The van der Waals surface area contributed by atoms with Gasteiger partial charge in [0.25, 0.3) is 0 Å². The number of aryl methyl sites for hydroxylation is 1. The number of carbonyl (C=O) groups excluding carboxylic acids is 1. The van der Waals surface area contributed by atoms with Gasteiger partial charge in [-0.25, -0.2) is 9.59 Å². The van der Waals surface area contributed by atoms with E-state index in [2.05, 4.69) is 0 Å². The number of rotatable bonds is 4. The van der Waals surface area contributed by atoms with E-state index in [1.54, 1.807) is 20.8 Å². The number of likely N-dealkylation sites (tertiary alicyclic amines) is 1. The topological polar surface area (TPSA) is 66.8 Å². The second-order valence-corrected chi connectivity index (χ2v) is 7.06. The molecule has 0 spiro atoms. The lowest BCUT2D eigenvalue weighted by atomic mass is 9.88. The molecule has 1 saturated heterocycles. The molecule has 0 radical (unpaired) electrons. The number of carbonyl (C=O) groups is 2. The molecule has 2 rings (SSSR count). The van der Waals surface area contributed by atoms with Crippen molar-refractivity contribution in [1.29, 1.82) is 0 Å². The number of carboxylic acid groups (broad SMARTS) is 1. The fraction of sp³-hybridized carbons (Fsp3) is 0.556. The maximum Gasteiger partial charge on any atom is 0.411 e. The number of benzene rings is 1. The Balaban J connectivity index is 2.17. The van der Waals surface area contributed by atoms with E-state index in [-0.39, 0.29) is 0 Å². The van der Waals surface area contributed by atoms with E-state index in [9.17, 15) is 14.7 Å². The smallest absolute Gasteiger partial charge is 0.411 e. The molecule has 1 amide bonds. The van der Waals surface area contributed by atoms with Gasteiger partial charge < -0.3 is 9.84 Å². The molecule has 1 aliphatic rings. The summed E-state index contributed by atoms with van der Waals surface area (Å²) in [6.07, 6.45) is 1.62. The first-order chi connectivity index (χ1) is 10.7. The molecule has 1 N–H and O–H groups in total. The normalized spacial score (nSPS) is 21.3. The van der Waals surface area contributed by atoms with E-state index in [0.29, 0.717) is 32.2 Å². The number of nitrogens with zero attached hydrogens (tertiary/aromatic N) is 1. The van der Waals surface area contributed by atoms with Gasteiger partial charge in [0.15, 0.2) is 0 Å². The summed E-state index contributed by atoms with van der Waals surface area (Å²) in [5.74, 6) is -0.947. The molecule has 1 heterocycles.